The van der Waals surface area contributed by atoms with Crippen LogP contribution in [0.15, 0.2) is 42.5 Å². The molecule has 2 amide bonds. The van der Waals surface area contributed by atoms with Crippen molar-refractivity contribution in [3.8, 4) is 0 Å². The third-order valence-electron chi connectivity index (χ3n) is 4.08. The van der Waals surface area contributed by atoms with Crippen molar-refractivity contribution in [3.63, 3.8) is 0 Å². The quantitative estimate of drug-likeness (QED) is 0.775. The number of anilines is 1. The molecular weight excluding hydrogens is 344 g/mol. The molecule has 0 aliphatic carbocycles. The molecule has 0 aromatic heterocycles. The van der Waals surface area contributed by atoms with E-state index < -0.39 is 0 Å². The number of carbonyl (C=O) groups is 2. The number of amides is 2. The van der Waals surface area contributed by atoms with E-state index in [1.165, 1.54) is 5.56 Å². The van der Waals surface area contributed by atoms with E-state index in [2.05, 4.69) is 10.6 Å². The SMILES string of the molecule is Cc1cc(C)c(NC(=O)CNC(=O)C(C)SCc2ccccc2)c(C)c1. The lowest BCUT2D eigenvalue weighted by Gasteiger charge is -2.14. The predicted octanol–water partition coefficient (Wildman–Crippen LogP) is 3.99. The molecule has 0 radical (unpaired) electrons. The third kappa shape index (κ3) is 5.92. The molecule has 2 rings (SSSR count). The van der Waals surface area contributed by atoms with Crippen LogP contribution in [0.5, 0.6) is 0 Å². The molecule has 0 fully saturated rings. The van der Waals surface area contributed by atoms with Crippen LogP contribution in [-0.2, 0) is 15.3 Å². The van der Waals surface area contributed by atoms with Crippen molar-refractivity contribution in [1.82, 2.24) is 5.32 Å². The Morgan fingerprint density at radius 2 is 1.65 bits per heavy atom. The molecule has 0 heterocycles. The maximum atomic E-state index is 12.2. The second-order valence-electron chi connectivity index (χ2n) is 6.48. The van der Waals surface area contributed by atoms with Crippen molar-refractivity contribution in [3.05, 3.63) is 64.7 Å². The summed E-state index contributed by atoms with van der Waals surface area (Å²) in [5.74, 6) is 0.427. The van der Waals surface area contributed by atoms with E-state index in [0.717, 1.165) is 28.1 Å². The largest absolute Gasteiger partial charge is 0.346 e. The van der Waals surface area contributed by atoms with Gasteiger partial charge >= 0.3 is 0 Å². The Labute approximate surface area is 159 Å². The number of carbonyl (C=O) groups excluding carboxylic acids is 2. The molecule has 1 unspecified atom stereocenters. The molecule has 138 valence electrons. The van der Waals surface area contributed by atoms with Crippen LogP contribution < -0.4 is 10.6 Å². The molecule has 1 atom stereocenters. The Hall–Kier alpha value is -2.27. The molecular formula is C21H26N2O2S. The Morgan fingerprint density at radius 3 is 2.27 bits per heavy atom. The van der Waals surface area contributed by atoms with E-state index in [9.17, 15) is 9.59 Å². The Morgan fingerprint density at radius 1 is 1.04 bits per heavy atom. The number of aryl methyl sites for hydroxylation is 3. The zero-order chi connectivity index (χ0) is 19.1. The van der Waals surface area contributed by atoms with Gasteiger partial charge in [0.2, 0.25) is 11.8 Å². The maximum Gasteiger partial charge on any atom is 0.243 e. The topological polar surface area (TPSA) is 58.2 Å². The molecule has 0 aliphatic rings. The number of benzene rings is 2. The fourth-order valence-electron chi connectivity index (χ4n) is 2.74. The van der Waals surface area contributed by atoms with Gasteiger partial charge in [-0.3, -0.25) is 9.59 Å². The molecule has 0 bridgehead atoms. The van der Waals surface area contributed by atoms with Crippen LogP contribution in [0.25, 0.3) is 0 Å². The number of hydrogen-bond donors (Lipinski definition) is 2. The lowest BCUT2D eigenvalue weighted by molar-refractivity contribution is -0.123. The smallest absolute Gasteiger partial charge is 0.243 e. The molecule has 0 saturated carbocycles. The van der Waals surface area contributed by atoms with E-state index in [-0.39, 0.29) is 23.6 Å². The first-order chi connectivity index (χ1) is 12.4. The predicted molar refractivity (Wildman–Crippen MR) is 109 cm³/mol. The Kier molecular flexibility index (Phi) is 7.27. The van der Waals surface area contributed by atoms with Crippen LogP contribution >= 0.6 is 11.8 Å². The van der Waals surface area contributed by atoms with Crippen LogP contribution in [0.2, 0.25) is 0 Å². The van der Waals surface area contributed by atoms with Gasteiger partial charge in [-0.15, -0.1) is 11.8 Å². The summed E-state index contributed by atoms with van der Waals surface area (Å²) in [7, 11) is 0. The molecule has 2 aromatic carbocycles. The lowest BCUT2D eigenvalue weighted by atomic mass is 10.1. The van der Waals surface area contributed by atoms with Gasteiger partial charge in [-0.25, -0.2) is 0 Å². The Balaban J connectivity index is 1.80. The van der Waals surface area contributed by atoms with Crippen molar-refractivity contribution < 1.29 is 9.59 Å². The van der Waals surface area contributed by atoms with Gasteiger partial charge in [-0.1, -0.05) is 48.0 Å². The fourth-order valence-corrected chi connectivity index (χ4v) is 3.61. The summed E-state index contributed by atoms with van der Waals surface area (Å²) < 4.78 is 0. The molecule has 0 saturated heterocycles. The van der Waals surface area contributed by atoms with Crippen LogP contribution in [0.3, 0.4) is 0 Å². The van der Waals surface area contributed by atoms with Gasteiger partial charge in [0.25, 0.3) is 0 Å². The summed E-state index contributed by atoms with van der Waals surface area (Å²) in [6.45, 7) is 7.80. The second-order valence-corrected chi connectivity index (χ2v) is 7.81. The van der Waals surface area contributed by atoms with Crippen molar-refractivity contribution in [2.75, 3.05) is 11.9 Å². The standard InChI is InChI=1S/C21H26N2O2S/c1-14-10-15(2)20(16(3)11-14)23-19(24)12-22-21(25)17(4)26-13-18-8-6-5-7-9-18/h5-11,17H,12-13H2,1-4H3,(H,22,25)(H,23,24). The second kappa shape index (κ2) is 9.43. The highest BCUT2D eigenvalue weighted by Gasteiger charge is 2.15. The summed E-state index contributed by atoms with van der Waals surface area (Å²) >= 11 is 1.56. The number of rotatable bonds is 7. The first-order valence-electron chi connectivity index (χ1n) is 8.67. The lowest BCUT2D eigenvalue weighted by Crippen LogP contribution is -2.37. The van der Waals surface area contributed by atoms with Crippen LogP contribution in [-0.4, -0.2) is 23.6 Å². The zero-order valence-electron chi connectivity index (χ0n) is 15.8. The van der Waals surface area contributed by atoms with Crippen molar-refractivity contribution >= 4 is 29.3 Å². The zero-order valence-corrected chi connectivity index (χ0v) is 16.6. The van der Waals surface area contributed by atoms with Gasteiger partial charge in [0, 0.05) is 11.4 Å². The van der Waals surface area contributed by atoms with E-state index in [4.69, 9.17) is 0 Å². The van der Waals surface area contributed by atoms with Crippen molar-refractivity contribution in [2.45, 2.75) is 38.7 Å². The average molecular weight is 371 g/mol. The summed E-state index contributed by atoms with van der Waals surface area (Å²) in [5.41, 5.74) is 5.21. The summed E-state index contributed by atoms with van der Waals surface area (Å²) in [6, 6.07) is 14.1. The average Bonchev–Trinajstić information content (AvgIpc) is 2.61. The summed E-state index contributed by atoms with van der Waals surface area (Å²) in [6.07, 6.45) is 0. The van der Waals surface area contributed by atoms with Crippen LogP contribution in [0.1, 0.15) is 29.2 Å². The van der Waals surface area contributed by atoms with Gasteiger partial charge in [0.1, 0.15) is 0 Å². The van der Waals surface area contributed by atoms with E-state index in [1.807, 2.05) is 70.2 Å². The number of nitrogens with one attached hydrogen (secondary N) is 2. The minimum absolute atomic E-state index is 0.0260. The van der Waals surface area contributed by atoms with Crippen molar-refractivity contribution in [2.24, 2.45) is 0 Å². The molecule has 5 heteroatoms. The highest BCUT2D eigenvalue weighted by Crippen LogP contribution is 2.21. The Bertz CT molecular complexity index is 752. The normalized spacial score (nSPS) is 11.7. The molecule has 26 heavy (non-hydrogen) atoms. The minimum Gasteiger partial charge on any atom is -0.346 e. The van der Waals surface area contributed by atoms with E-state index >= 15 is 0 Å². The van der Waals surface area contributed by atoms with Crippen LogP contribution in [0.4, 0.5) is 5.69 Å². The number of hydrogen-bond acceptors (Lipinski definition) is 3. The fraction of sp³-hybridized carbons (Fsp3) is 0.333. The minimum atomic E-state index is -0.217. The van der Waals surface area contributed by atoms with Crippen molar-refractivity contribution in [1.29, 1.82) is 0 Å². The summed E-state index contributed by atoms with van der Waals surface area (Å²) in [4.78, 5) is 24.4. The molecule has 4 nitrogen and oxygen atoms in total. The van der Waals surface area contributed by atoms with Gasteiger partial charge in [0.05, 0.1) is 11.8 Å². The van der Waals surface area contributed by atoms with Gasteiger partial charge in [0.15, 0.2) is 0 Å². The number of thioether (sulfide) groups is 1. The molecule has 0 aliphatic heterocycles. The first-order valence-corrected chi connectivity index (χ1v) is 9.72. The van der Waals surface area contributed by atoms with Gasteiger partial charge in [-0.05, 0) is 44.4 Å². The van der Waals surface area contributed by atoms with E-state index in [0.29, 0.717) is 0 Å². The highest BCUT2D eigenvalue weighted by atomic mass is 32.2. The third-order valence-corrected chi connectivity index (χ3v) is 5.29. The molecule has 2 N–H and O–H groups in total. The first kappa shape index (κ1) is 20.0. The van der Waals surface area contributed by atoms with Gasteiger partial charge < -0.3 is 10.6 Å². The highest BCUT2D eigenvalue weighted by molar-refractivity contribution is 7.99. The molecule has 2 aromatic rings. The van der Waals surface area contributed by atoms with Gasteiger partial charge in [-0.2, -0.15) is 0 Å². The van der Waals surface area contributed by atoms with E-state index in [1.54, 1.807) is 11.8 Å². The van der Waals surface area contributed by atoms with Crippen LogP contribution in [0, 0.1) is 20.8 Å². The molecule has 0 spiro atoms. The monoisotopic (exact) mass is 370 g/mol. The maximum absolute atomic E-state index is 12.2. The summed E-state index contributed by atoms with van der Waals surface area (Å²) in [5, 5.41) is 5.40.